The van der Waals surface area contributed by atoms with Gasteiger partial charge in [-0.15, -0.1) is 0 Å². The van der Waals surface area contributed by atoms with Crippen molar-refractivity contribution in [1.82, 2.24) is 0 Å². The SMILES string of the molecule is Nc1cccc(C(=O)Nc2ccccc2S(=O)(=O)O)c1. The Labute approximate surface area is 116 Å². The van der Waals surface area contributed by atoms with Gasteiger partial charge in [0.2, 0.25) is 0 Å². The van der Waals surface area contributed by atoms with Gasteiger partial charge in [-0.1, -0.05) is 18.2 Å². The average molecular weight is 292 g/mol. The van der Waals surface area contributed by atoms with Crippen molar-refractivity contribution in [3.05, 3.63) is 54.1 Å². The number of nitrogens with one attached hydrogen (secondary N) is 1. The molecule has 0 heterocycles. The van der Waals surface area contributed by atoms with E-state index in [4.69, 9.17) is 10.3 Å². The second-order valence-electron chi connectivity index (χ2n) is 4.05. The van der Waals surface area contributed by atoms with Crippen LogP contribution in [0.25, 0.3) is 0 Å². The zero-order chi connectivity index (χ0) is 14.8. The number of amides is 1. The fourth-order valence-electron chi connectivity index (χ4n) is 1.67. The highest BCUT2D eigenvalue weighted by molar-refractivity contribution is 7.86. The van der Waals surface area contributed by atoms with E-state index in [9.17, 15) is 13.2 Å². The molecule has 104 valence electrons. The largest absolute Gasteiger partial charge is 0.399 e. The third-order valence-corrected chi connectivity index (χ3v) is 3.47. The first-order valence-electron chi connectivity index (χ1n) is 5.61. The van der Waals surface area contributed by atoms with E-state index in [-0.39, 0.29) is 16.1 Å². The van der Waals surface area contributed by atoms with Crippen molar-refractivity contribution in [1.29, 1.82) is 0 Å². The molecule has 1 amide bonds. The van der Waals surface area contributed by atoms with Gasteiger partial charge in [0.15, 0.2) is 0 Å². The molecular formula is C13H12N2O4S. The predicted octanol–water partition coefficient (Wildman–Crippen LogP) is 1.77. The van der Waals surface area contributed by atoms with E-state index < -0.39 is 16.0 Å². The first-order chi connectivity index (χ1) is 9.38. The maximum absolute atomic E-state index is 12.0. The van der Waals surface area contributed by atoms with Crippen molar-refractivity contribution in [3.8, 4) is 0 Å². The Morgan fingerprint density at radius 1 is 1.10 bits per heavy atom. The lowest BCUT2D eigenvalue weighted by Gasteiger charge is -2.09. The molecule has 0 aliphatic heterocycles. The van der Waals surface area contributed by atoms with E-state index in [1.165, 1.54) is 24.3 Å². The minimum Gasteiger partial charge on any atom is -0.399 e. The van der Waals surface area contributed by atoms with Gasteiger partial charge in [0.1, 0.15) is 4.90 Å². The standard InChI is InChI=1S/C13H12N2O4S/c14-10-5-3-4-9(8-10)13(16)15-11-6-1-2-7-12(11)20(17,18)19/h1-8H,14H2,(H,15,16)(H,17,18,19). The van der Waals surface area contributed by atoms with Crippen molar-refractivity contribution in [2.75, 3.05) is 11.1 Å². The number of nitrogens with two attached hydrogens (primary N) is 1. The van der Waals surface area contributed by atoms with Gasteiger partial charge in [-0.05, 0) is 30.3 Å². The van der Waals surface area contributed by atoms with Gasteiger partial charge >= 0.3 is 0 Å². The molecular weight excluding hydrogens is 280 g/mol. The van der Waals surface area contributed by atoms with Crippen LogP contribution < -0.4 is 11.1 Å². The van der Waals surface area contributed by atoms with Crippen LogP contribution in [-0.4, -0.2) is 18.9 Å². The summed E-state index contributed by atoms with van der Waals surface area (Å²) in [5.41, 5.74) is 6.28. The Hall–Kier alpha value is -2.38. The quantitative estimate of drug-likeness (QED) is 0.590. The van der Waals surface area contributed by atoms with Gasteiger partial charge in [-0.25, -0.2) is 0 Å². The maximum Gasteiger partial charge on any atom is 0.296 e. The first-order valence-corrected chi connectivity index (χ1v) is 7.05. The van der Waals surface area contributed by atoms with Crippen LogP contribution in [0.1, 0.15) is 10.4 Å². The molecule has 0 aromatic heterocycles. The molecule has 7 heteroatoms. The normalized spacial score (nSPS) is 11.1. The fourth-order valence-corrected chi connectivity index (χ4v) is 2.32. The zero-order valence-electron chi connectivity index (χ0n) is 10.3. The molecule has 0 unspecified atom stereocenters. The number of anilines is 2. The second-order valence-corrected chi connectivity index (χ2v) is 5.44. The van der Waals surface area contributed by atoms with Crippen LogP contribution in [0.2, 0.25) is 0 Å². The summed E-state index contributed by atoms with van der Waals surface area (Å²) in [5, 5.41) is 2.43. The number of rotatable bonds is 3. The summed E-state index contributed by atoms with van der Waals surface area (Å²) in [5.74, 6) is -0.520. The lowest BCUT2D eigenvalue weighted by atomic mass is 10.2. The maximum atomic E-state index is 12.0. The summed E-state index contributed by atoms with van der Waals surface area (Å²) in [6, 6.07) is 11.8. The van der Waals surface area contributed by atoms with Gasteiger partial charge < -0.3 is 11.1 Å². The highest BCUT2D eigenvalue weighted by atomic mass is 32.2. The summed E-state index contributed by atoms with van der Waals surface area (Å²) in [6.07, 6.45) is 0. The third-order valence-electron chi connectivity index (χ3n) is 2.56. The van der Waals surface area contributed by atoms with Crippen LogP contribution >= 0.6 is 0 Å². The van der Waals surface area contributed by atoms with E-state index in [0.717, 1.165) is 0 Å². The Kier molecular flexibility index (Phi) is 3.73. The number of hydrogen-bond acceptors (Lipinski definition) is 4. The zero-order valence-corrected chi connectivity index (χ0v) is 11.1. The predicted molar refractivity (Wildman–Crippen MR) is 75.1 cm³/mol. The van der Waals surface area contributed by atoms with E-state index in [0.29, 0.717) is 5.69 Å². The van der Waals surface area contributed by atoms with Gasteiger partial charge in [0.25, 0.3) is 16.0 Å². The Morgan fingerprint density at radius 3 is 2.45 bits per heavy atom. The average Bonchev–Trinajstić information content (AvgIpc) is 2.38. The number of nitrogen functional groups attached to an aromatic ring is 1. The first kappa shape index (κ1) is 14.0. The monoisotopic (exact) mass is 292 g/mol. The minimum absolute atomic E-state index is 0.00224. The minimum atomic E-state index is -4.41. The molecule has 0 radical (unpaired) electrons. The smallest absolute Gasteiger partial charge is 0.296 e. The van der Waals surface area contributed by atoms with Crippen LogP contribution in [-0.2, 0) is 10.1 Å². The van der Waals surface area contributed by atoms with Crippen molar-refractivity contribution < 1.29 is 17.8 Å². The van der Waals surface area contributed by atoms with E-state index in [1.54, 1.807) is 24.3 Å². The number of hydrogen-bond donors (Lipinski definition) is 3. The molecule has 2 rings (SSSR count). The molecule has 2 aromatic rings. The van der Waals surface area contributed by atoms with Crippen LogP contribution in [0, 0.1) is 0 Å². The Bertz CT molecular complexity index is 756. The fraction of sp³-hybridized carbons (Fsp3) is 0. The molecule has 0 spiro atoms. The lowest BCUT2D eigenvalue weighted by molar-refractivity contribution is 0.102. The van der Waals surface area contributed by atoms with Crippen LogP contribution in [0.5, 0.6) is 0 Å². The van der Waals surface area contributed by atoms with Gasteiger partial charge in [-0.3, -0.25) is 9.35 Å². The van der Waals surface area contributed by atoms with Crippen molar-refractivity contribution in [2.24, 2.45) is 0 Å². The molecule has 0 saturated carbocycles. The second kappa shape index (κ2) is 5.32. The number of carbonyl (C=O) groups is 1. The van der Waals surface area contributed by atoms with Crippen molar-refractivity contribution >= 4 is 27.4 Å². The topological polar surface area (TPSA) is 109 Å². The summed E-state index contributed by atoms with van der Waals surface area (Å²) in [4.78, 5) is 11.6. The van der Waals surface area contributed by atoms with Gasteiger partial charge in [0.05, 0.1) is 5.69 Å². The van der Waals surface area contributed by atoms with Crippen LogP contribution in [0.15, 0.2) is 53.4 Å². The lowest BCUT2D eigenvalue weighted by Crippen LogP contribution is -2.14. The van der Waals surface area contributed by atoms with Crippen LogP contribution in [0.4, 0.5) is 11.4 Å². The summed E-state index contributed by atoms with van der Waals surface area (Å²) in [6.45, 7) is 0. The third kappa shape index (κ3) is 3.14. The summed E-state index contributed by atoms with van der Waals surface area (Å²) >= 11 is 0. The summed E-state index contributed by atoms with van der Waals surface area (Å²) < 4.78 is 31.5. The summed E-state index contributed by atoms with van der Waals surface area (Å²) in [7, 11) is -4.41. The molecule has 0 aliphatic carbocycles. The molecule has 0 saturated heterocycles. The Balaban J connectivity index is 2.34. The van der Waals surface area contributed by atoms with E-state index in [1.807, 2.05) is 0 Å². The molecule has 0 bridgehead atoms. The molecule has 20 heavy (non-hydrogen) atoms. The molecule has 4 N–H and O–H groups in total. The number of para-hydroxylation sites is 1. The molecule has 6 nitrogen and oxygen atoms in total. The molecule has 2 aromatic carbocycles. The van der Waals surface area contributed by atoms with Gasteiger partial charge in [-0.2, -0.15) is 8.42 Å². The molecule has 0 fully saturated rings. The highest BCUT2D eigenvalue weighted by Crippen LogP contribution is 2.21. The molecule has 0 atom stereocenters. The van der Waals surface area contributed by atoms with Crippen molar-refractivity contribution in [3.63, 3.8) is 0 Å². The Morgan fingerprint density at radius 2 is 1.80 bits per heavy atom. The van der Waals surface area contributed by atoms with Crippen molar-refractivity contribution in [2.45, 2.75) is 4.90 Å². The highest BCUT2D eigenvalue weighted by Gasteiger charge is 2.16. The number of carbonyl (C=O) groups excluding carboxylic acids is 1. The van der Waals surface area contributed by atoms with E-state index in [2.05, 4.69) is 5.32 Å². The van der Waals surface area contributed by atoms with Crippen LogP contribution in [0.3, 0.4) is 0 Å². The van der Waals surface area contributed by atoms with Gasteiger partial charge in [0, 0.05) is 11.3 Å². The molecule has 0 aliphatic rings. The number of benzene rings is 2. The van der Waals surface area contributed by atoms with E-state index >= 15 is 0 Å².